The summed E-state index contributed by atoms with van der Waals surface area (Å²) in [6, 6.07) is 36.8. The van der Waals surface area contributed by atoms with Crippen molar-refractivity contribution in [3.05, 3.63) is 103 Å². The van der Waals surface area contributed by atoms with Gasteiger partial charge in [0.1, 0.15) is 10.9 Å². The molecule has 0 N–H and O–H groups in total. The highest BCUT2D eigenvalue weighted by Gasteiger charge is 2.30. The second-order valence-electron chi connectivity index (χ2n) is 5.42. The molecule has 3 aromatic carbocycles. The van der Waals surface area contributed by atoms with E-state index in [1.807, 2.05) is 23.1 Å². The van der Waals surface area contributed by atoms with E-state index in [1.165, 1.54) is 23.1 Å². The van der Waals surface area contributed by atoms with E-state index in [9.17, 15) is 0 Å². The predicted octanol–water partition coefficient (Wildman–Crippen LogP) is 6.99. The van der Waals surface area contributed by atoms with Crippen LogP contribution < -0.4 is 0 Å². The lowest BCUT2D eigenvalue weighted by molar-refractivity contribution is 1.36. The van der Waals surface area contributed by atoms with Crippen LogP contribution in [0.15, 0.2) is 126 Å². The van der Waals surface area contributed by atoms with E-state index in [0.717, 1.165) is 0 Å². The van der Waals surface area contributed by atoms with Crippen LogP contribution in [0.5, 0.6) is 0 Å². The number of benzene rings is 3. The van der Waals surface area contributed by atoms with Crippen molar-refractivity contribution in [3.8, 4) is 0 Å². The zero-order valence-corrected chi connectivity index (χ0v) is 16.0. The molecule has 0 amide bonds. The lowest BCUT2D eigenvalue weighted by atomic mass is 10.4. The van der Waals surface area contributed by atoms with Crippen LogP contribution in [0, 0.1) is 0 Å². The predicted molar refractivity (Wildman–Crippen MR) is 110 cm³/mol. The third-order valence-electron chi connectivity index (χ3n) is 3.68. The summed E-state index contributed by atoms with van der Waals surface area (Å²) < 4.78 is 2.75. The van der Waals surface area contributed by atoms with Crippen LogP contribution in [0.3, 0.4) is 0 Å². The minimum absolute atomic E-state index is 0.0466. The van der Waals surface area contributed by atoms with Crippen LogP contribution in [0.25, 0.3) is 0 Å². The molecule has 0 aliphatic carbocycles. The molecule has 0 saturated heterocycles. The van der Waals surface area contributed by atoms with Crippen molar-refractivity contribution in [2.24, 2.45) is 0 Å². The lowest BCUT2D eigenvalue weighted by Gasteiger charge is -2.05. The van der Waals surface area contributed by atoms with E-state index >= 15 is 0 Å². The summed E-state index contributed by atoms with van der Waals surface area (Å²) in [5, 5.41) is 0. The van der Waals surface area contributed by atoms with Crippen LogP contribution in [-0.4, -0.2) is 0 Å². The van der Waals surface area contributed by atoms with E-state index in [4.69, 9.17) is 0 Å². The van der Waals surface area contributed by atoms with E-state index in [1.54, 1.807) is 0 Å². The SMILES string of the molecule is c1ccc(Sc2ccc([S+](c3ccccc3)c3ccccc3)s2)cc1. The molecule has 0 aliphatic rings. The van der Waals surface area contributed by atoms with E-state index in [0.29, 0.717) is 0 Å². The topological polar surface area (TPSA) is 0 Å². The highest BCUT2D eigenvalue weighted by atomic mass is 32.2. The average molecular weight is 378 g/mol. The molecule has 0 radical (unpaired) electrons. The fourth-order valence-corrected chi connectivity index (χ4v) is 7.55. The number of thiophene rings is 1. The molecular weight excluding hydrogens is 360 g/mol. The first-order chi connectivity index (χ1) is 12.4. The molecule has 0 nitrogen and oxygen atoms in total. The van der Waals surface area contributed by atoms with Gasteiger partial charge in [-0.1, -0.05) is 77.7 Å². The van der Waals surface area contributed by atoms with Crippen LogP contribution in [-0.2, 0) is 10.9 Å². The first kappa shape index (κ1) is 16.5. The van der Waals surface area contributed by atoms with Gasteiger partial charge in [0, 0.05) is 11.0 Å². The summed E-state index contributed by atoms with van der Waals surface area (Å²) in [5.41, 5.74) is 0. The summed E-state index contributed by atoms with van der Waals surface area (Å²) in [5.74, 6) is 0. The smallest absolute Gasteiger partial charge is 0.0790 e. The summed E-state index contributed by atoms with van der Waals surface area (Å²) >= 11 is 3.74. The molecule has 3 heteroatoms. The molecule has 0 bridgehead atoms. The fraction of sp³-hybridized carbons (Fsp3) is 0. The Kier molecular flexibility index (Phi) is 5.26. The second kappa shape index (κ2) is 7.96. The zero-order chi connectivity index (χ0) is 16.9. The Bertz CT molecular complexity index is 876. The number of hydrogen-bond donors (Lipinski definition) is 0. The molecule has 0 fully saturated rings. The monoisotopic (exact) mass is 377 g/mol. The molecule has 4 aromatic rings. The Morgan fingerprint density at radius 3 is 1.64 bits per heavy atom. The first-order valence-electron chi connectivity index (χ1n) is 8.07. The Morgan fingerprint density at radius 1 is 0.560 bits per heavy atom. The minimum Gasteiger partial charge on any atom is -0.0790 e. The molecule has 0 saturated carbocycles. The van der Waals surface area contributed by atoms with Crippen molar-refractivity contribution in [1.29, 1.82) is 0 Å². The summed E-state index contributed by atoms with van der Waals surface area (Å²) in [6.07, 6.45) is 0. The van der Waals surface area contributed by atoms with E-state index < -0.39 is 0 Å². The Hall–Kier alpha value is -1.94. The molecule has 0 spiro atoms. The third-order valence-corrected chi connectivity index (χ3v) is 8.47. The van der Waals surface area contributed by atoms with Gasteiger partial charge < -0.3 is 0 Å². The first-order valence-corrected chi connectivity index (χ1v) is 10.9. The van der Waals surface area contributed by atoms with Crippen molar-refractivity contribution in [2.75, 3.05) is 0 Å². The van der Waals surface area contributed by atoms with Crippen LogP contribution >= 0.6 is 23.1 Å². The third kappa shape index (κ3) is 4.01. The molecule has 0 unspecified atom stereocenters. The minimum atomic E-state index is -0.0466. The molecule has 1 aromatic heterocycles. The van der Waals surface area contributed by atoms with Gasteiger partial charge in [-0.15, -0.1) is 0 Å². The summed E-state index contributed by atoms with van der Waals surface area (Å²) in [4.78, 5) is 4.02. The molecular formula is C22H17S3+. The van der Waals surface area contributed by atoms with Crippen molar-refractivity contribution in [3.63, 3.8) is 0 Å². The summed E-state index contributed by atoms with van der Waals surface area (Å²) in [7, 11) is -0.0466. The van der Waals surface area contributed by atoms with Crippen molar-refractivity contribution in [2.45, 2.75) is 23.1 Å². The van der Waals surface area contributed by atoms with Gasteiger partial charge in [-0.05, 0) is 42.5 Å². The van der Waals surface area contributed by atoms with Crippen LogP contribution in [0.1, 0.15) is 0 Å². The summed E-state index contributed by atoms with van der Waals surface area (Å²) in [6.45, 7) is 0. The van der Waals surface area contributed by atoms with Gasteiger partial charge in [-0.3, -0.25) is 0 Å². The lowest BCUT2D eigenvalue weighted by Crippen LogP contribution is -2.02. The highest BCUT2D eigenvalue weighted by Crippen LogP contribution is 2.40. The molecule has 0 atom stereocenters. The van der Waals surface area contributed by atoms with Gasteiger partial charge in [0.2, 0.25) is 4.21 Å². The standard InChI is InChI=1S/C22H17S3/c1-4-10-18(11-5-1)23-21-16-17-22(24-21)25(19-12-6-2-7-13-19)20-14-8-3-9-15-20/h1-17H/q+1. The average Bonchev–Trinajstić information content (AvgIpc) is 3.12. The molecule has 0 aliphatic heterocycles. The number of hydrogen-bond acceptors (Lipinski definition) is 2. The highest BCUT2D eigenvalue weighted by molar-refractivity contribution is 8.02. The van der Waals surface area contributed by atoms with Crippen LogP contribution in [0.2, 0.25) is 0 Å². The van der Waals surface area contributed by atoms with Gasteiger partial charge in [0.25, 0.3) is 0 Å². The zero-order valence-electron chi connectivity index (χ0n) is 13.5. The van der Waals surface area contributed by atoms with Gasteiger partial charge in [0.15, 0.2) is 9.79 Å². The van der Waals surface area contributed by atoms with E-state index in [-0.39, 0.29) is 10.9 Å². The molecule has 1 heterocycles. The van der Waals surface area contributed by atoms with Gasteiger partial charge in [0.05, 0.1) is 4.21 Å². The normalized spacial score (nSPS) is 10.9. The molecule has 122 valence electrons. The maximum atomic E-state index is 2.29. The van der Waals surface area contributed by atoms with Crippen LogP contribution in [0.4, 0.5) is 0 Å². The fourth-order valence-electron chi connectivity index (χ4n) is 2.55. The van der Waals surface area contributed by atoms with Gasteiger partial charge in [-0.25, -0.2) is 0 Å². The maximum absolute atomic E-state index is 2.29. The van der Waals surface area contributed by atoms with Gasteiger partial charge >= 0.3 is 0 Å². The van der Waals surface area contributed by atoms with Gasteiger partial charge in [-0.2, -0.15) is 0 Å². The Labute approximate surface area is 159 Å². The van der Waals surface area contributed by atoms with Crippen molar-refractivity contribution >= 4 is 34.0 Å². The molecule has 25 heavy (non-hydrogen) atoms. The molecule has 4 rings (SSSR count). The van der Waals surface area contributed by atoms with Crippen molar-refractivity contribution in [1.82, 2.24) is 0 Å². The van der Waals surface area contributed by atoms with Crippen molar-refractivity contribution < 1.29 is 0 Å². The quantitative estimate of drug-likeness (QED) is 0.338. The number of rotatable bonds is 5. The second-order valence-corrected chi connectivity index (χ2v) is 10.1. The Balaban J connectivity index is 1.69. The maximum Gasteiger partial charge on any atom is 0.221 e. The largest absolute Gasteiger partial charge is 0.221 e. The van der Waals surface area contributed by atoms with E-state index in [2.05, 4.69) is 103 Å². The Morgan fingerprint density at radius 2 is 1.08 bits per heavy atom.